The van der Waals surface area contributed by atoms with Crippen LogP contribution in [-0.2, 0) is 65.4 Å². The third-order valence-electron chi connectivity index (χ3n) is 18.4. The van der Waals surface area contributed by atoms with E-state index >= 15 is 0 Å². The first-order valence-electron chi connectivity index (χ1n) is 40.2. The Morgan fingerprint density at radius 3 is 0.732 bits per heavy atom. The first kappa shape index (κ1) is 95.1. The SMILES string of the molecule is CCC(C)CCCCCCCCCCCCCCCCC(=O)OC[C@H](COP(=O)(O)OC[C@@H](O)COP(=O)(O)OC[C@@H](COC(=O)CCCCCCCCC(C)C)OC(=O)CCCCCCCCCCCCCCCCC(C)C)OC(=O)CCCCCCCCCCCCC(C)C. The lowest BCUT2D eigenvalue weighted by molar-refractivity contribution is -0.161. The smallest absolute Gasteiger partial charge is 0.462 e. The minimum atomic E-state index is -4.96. The number of carbonyl (C=O) groups is 4. The number of hydrogen-bond donors (Lipinski definition) is 3. The lowest BCUT2D eigenvalue weighted by Crippen LogP contribution is -2.30. The number of phosphoric ester groups is 2. The Kier molecular flexibility index (Phi) is 65.9. The first-order valence-corrected chi connectivity index (χ1v) is 43.2. The van der Waals surface area contributed by atoms with Gasteiger partial charge in [0.1, 0.15) is 19.3 Å². The average Bonchev–Trinajstić information content (AvgIpc) is 2.06. The van der Waals surface area contributed by atoms with Crippen molar-refractivity contribution < 1.29 is 80.2 Å². The van der Waals surface area contributed by atoms with Crippen molar-refractivity contribution in [3.63, 3.8) is 0 Å². The highest BCUT2D eigenvalue weighted by atomic mass is 31.2. The van der Waals surface area contributed by atoms with E-state index in [-0.39, 0.29) is 25.7 Å². The fraction of sp³-hybridized carbons (Fsp3) is 0.949. The summed E-state index contributed by atoms with van der Waals surface area (Å²) in [7, 11) is -9.92. The lowest BCUT2D eigenvalue weighted by atomic mass is 9.99. The topological polar surface area (TPSA) is 237 Å². The summed E-state index contributed by atoms with van der Waals surface area (Å²) in [6.45, 7) is 14.2. The van der Waals surface area contributed by atoms with E-state index in [0.29, 0.717) is 31.6 Å². The van der Waals surface area contributed by atoms with Gasteiger partial charge < -0.3 is 33.8 Å². The standard InChI is InChI=1S/C78H152O17P2/c1-9-71(8)57-49-41-32-26-19-15-11-13-16-20-27-33-42-50-58-75(80)88-64-73(94-78(83)61-53-45-35-29-23-22-25-31-39-47-55-69(4)5)66-92-96(84,85)90-62-72(79)63-91-97(86,87)93-67-74(65-89-76(81)59-51-43-37-36-40-48-56-70(6)7)95-77(82)60-52-44-34-28-21-17-12-10-14-18-24-30-38-46-54-68(2)3/h68-74,79H,9-67H2,1-8H3,(H,84,85)(H,86,87)/t71?,72-,73-,74-/m1/s1. The first-order chi connectivity index (χ1) is 46.6. The van der Waals surface area contributed by atoms with Crippen molar-refractivity contribution in [3.8, 4) is 0 Å². The average molecular weight is 1420 g/mol. The maximum absolute atomic E-state index is 13.1. The molecule has 0 amide bonds. The Morgan fingerprint density at radius 1 is 0.289 bits per heavy atom. The maximum Gasteiger partial charge on any atom is 0.472 e. The van der Waals surface area contributed by atoms with Crippen molar-refractivity contribution >= 4 is 39.5 Å². The quantitative estimate of drug-likeness (QED) is 0.0222. The third kappa shape index (κ3) is 70.9. The van der Waals surface area contributed by atoms with Crippen molar-refractivity contribution in [3.05, 3.63) is 0 Å². The molecule has 0 saturated carbocycles. The fourth-order valence-electron chi connectivity index (χ4n) is 11.9. The molecule has 0 aliphatic rings. The molecule has 0 aromatic rings. The number of aliphatic hydroxyl groups excluding tert-OH is 1. The van der Waals surface area contributed by atoms with Gasteiger partial charge in [0.15, 0.2) is 12.2 Å². The van der Waals surface area contributed by atoms with Crippen LogP contribution in [0.5, 0.6) is 0 Å². The molecule has 3 N–H and O–H groups in total. The summed E-state index contributed by atoms with van der Waals surface area (Å²) in [5.41, 5.74) is 0. The molecule has 0 bridgehead atoms. The molecule has 0 spiro atoms. The monoisotopic (exact) mass is 1420 g/mol. The number of rotatable bonds is 75. The van der Waals surface area contributed by atoms with E-state index < -0.39 is 97.5 Å². The highest BCUT2D eigenvalue weighted by Crippen LogP contribution is 2.45. The predicted molar refractivity (Wildman–Crippen MR) is 395 cm³/mol. The molecule has 0 radical (unpaired) electrons. The maximum atomic E-state index is 13.1. The van der Waals surface area contributed by atoms with Gasteiger partial charge in [0.05, 0.1) is 26.4 Å². The van der Waals surface area contributed by atoms with E-state index in [2.05, 4.69) is 55.4 Å². The van der Waals surface area contributed by atoms with Gasteiger partial charge in [0.25, 0.3) is 0 Å². The van der Waals surface area contributed by atoms with Gasteiger partial charge in [-0.25, -0.2) is 9.13 Å². The molecule has 0 rings (SSSR count). The number of aliphatic hydroxyl groups is 1. The number of carbonyl (C=O) groups excluding carboxylic acids is 4. The zero-order valence-corrected chi connectivity index (χ0v) is 65.5. The van der Waals surface area contributed by atoms with Crippen LogP contribution in [0.1, 0.15) is 396 Å². The number of unbranched alkanes of at least 4 members (excludes halogenated alkanes) is 40. The van der Waals surface area contributed by atoms with Crippen molar-refractivity contribution in [2.45, 2.75) is 414 Å². The molecule has 17 nitrogen and oxygen atoms in total. The molecular weight excluding hydrogens is 1270 g/mol. The molecule has 3 unspecified atom stereocenters. The molecule has 97 heavy (non-hydrogen) atoms. The number of phosphoric acid groups is 2. The van der Waals surface area contributed by atoms with Gasteiger partial charge in [0, 0.05) is 25.7 Å². The van der Waals surface area contributed by atoms with E-state index in [1.54, 1.807) is 0 Å². The molecule has 0 heterocycles. The molecule has 0 fully saturated rings. The third-order valence-corrected chi connectivity index (χ3v) is 20.3. The second-order valence-corrected chi connectivity index (χ2v) is 32.7. The summed E-state index contributed by atoms with van der Waals surface area (Å²) in [6, 6.07) is 0. The van der Waals surface area contributed by atoms with Gasteiger partial charge in [-0.05, 0) is 49.4 Å². The highest BCUT2D eigenvalue weighted by Gasteiger charge is 2.30. The fourth-order valence-corrected chi connectivity index (χ4v) is 13.5. The largest absolute Gasteiger partial charge is 0.472 e. The van der Waals surface area contributed by atoms with Crippen LogP contribution in [0, 0.1) is 23.7 Å². The Labute approximate surface area is 594 Å². The van der Waals surface area contributed by atoms with Crippen LogP contribution in [0.3, 0.4) is 0 Å². The Balaban J connectivity index is 5.21. The van der Waals surface area contributed by atoms with Gasteiger partial charge in [-0.15, -0.1) is 0 Å². The minimum absolute atomic E-state index is 0.106. The molecule has 0 saturated heterocycles. The molecule has 0 aliphatic carbocycles. The van der Waals surface area contributed by atoms with E-state index in [1.165, 1.54) is 193 Å². The summed E-state index contributed by atoms with van der Waals surface area (Å²) in [5, 5.41) is 10.6. The Bertz CT molecular complexity index is 1900. The summed E-state index contributed by atoms with van der Waals surface area (Å²) in [4.78, 5) is 72.9. The molecule has 19 heteroatoms. The van der Waals surface area contributed by atoms with Gasteiger partial charge in [-0.3, -0.25) is 37.3 Å². The lowest BCUT2D eigenvalue weighted by Gasteiger charge is -2.21. The van der Waals surface area contributed by atoms with Crippen LogP contribution in [-0.4, -0.2) is 96.7 Å². The Hall–Kier alpha value is -1.94. The Morgan fingerprint density at radius 2 is 0.495 bits per heavy atom. The molecule has 6 atom stereocenters. The van der Waals surface area contributed by atoms with E-state index in [4.69, 9.17) is 37.0 Å². The van der Waals surface area contributed by atoms with Crippen LogP contribution >= 0.6 is 15.6 Å². The van der Waals surface area contributed by atoms with Crippen molar-refractivity contribution in [2.75, 3.05) is 39.6 Å². The zero-order valence-electron chi connectivity index (χ0n) is 63.7. The molecule has 0 aliphatic heterocycles. The van der Waals surface area contributed by atoms with Crippen molar-refractivity contribution in [1.82, 2.24) is 0 Å². The summed E-state index contributed by atoms with van der Waals surface area (Å²) < 4.78 is 68.6. The van der Waals surface area contributed by atoms with Crippen LogP contribution in [0.2, 0.25) is 0 Å². The van der Waals surface area contributed by atoms with E-state index in [1.807, 2.05) is 0 Å². The highest BCUT2D eigenvalue weighted by molar-refractivity contribution is 7.47. The predicted octanol–water partition coefficient (Wildman–Crippen LogP) is 22.8. The van der Waals surface area contributed by atoms with E-state index in [9.17, 15) is 43.2 Å². The normalized spacial score (nSPS) is 14.4. The van der Waals surface area contributed by atoms with Gasteiger partial charge in [-0.1, -0.05) is 344 Å². The van der Waals surface area contributed by atoms with Crippen LogP contribution in [0.4, 0.5) is 0 Å². The molecule has 0 aromatic carbocycles. The second kappa shape index (κ2) is 67.2. The van der Waals surface area contributed by atoms with Gasteiger partial charge in [-0.2, -0.15) is 0 Å². The number of esters is 4. The summed E-state index contributed by atoms with van der Waals surface area (Å²) >= 11 is 0. The molecule has 576 valence electrons. The number of ether oxygens (including phenoxy) is 4. The van der Waals surface area contributed by atoms with Crippen LogP contribution < -0.4 is 0 Å². The summed E-state index contributed by atoms with van der Waals surface area (Å²) in [5.74, 6) is 0.957. The number of hydrogen-bond acceptors (Lipinski definition) is 15. The molecule has 0 aromatic heterocycles. The van der Waals surface area contributed by atoms with Crippen molar-refractivity contribution in [1.29, 1.82) is 0 Å². The molecular formula is C78H152O17P2. The zero-order chi connectivity index (χ0) is 71.7. The van der Waals surface area contributed by atoms with Gasteiger partial charge in [0.2, 0.25) is 0 Å². The van der Waals surface area contributed by atoms with Gasteiger partial charge >= 0.3 is 39.5 Å². The van der Waals surface area contributed by atoms with Crippen LogP contribution in [0.15, 0.2) is 0 Å². The minimum Gasteiger partial charge on any atom is -0.462 e. The van der Waals surface area contributed by atoms with Crippen molar-refractivity contribution in [2.24, 2.45) is 23.7 Å². The summed E-state index contributed by atoms with van der Waals surface area (Å²) in [6.07, 6.45) is 52.8. The second-order valence-electron chi connectivity index (χ2n) is 29.8. The van der Waals surface area contributed by atoms with Crippen LogP contribution in [0.25, 0.3) is 0 Å². The van der Waals surface area contributed by atoms with E-state index in [0.717, 1.165) is 114 Å².